The molecule has 0 spiro atoms. The predicted molar refractivity (Wildman–Crippen MR) is 164 cm³/mol. The first-order valence-electron chi connectivity index (χ1n) is 15.4. The van der Waals surface area contributed by atoms with Gasteiger partial charge in [-0.25, -0.2) is 17.2 Å². The van der Waals surface area contributed by atoms with Crippen molar-refractivity contribution in [1.82, 2.24) is 24.4 Å². The maximum atomic E-state index is 14.2. The van der Waals surface area contributed by atoms with Crippen LogP contribution in [0.25, 0.3) is 11.1 Å². The number of rotatable bonds is 9. The van der Waals surface area contributed by atoms with Crippen LogP contribution in [0.4, 0.5) is 22.0 Å². The Kier molecular flexibility index (Phi) is 9.63. The second-order valence-corrected chi connectivity index (χ2v) is 13.7. The molecule has 4 aromatic rings. The van der Waals surface area contributed by atoms with Crippen molar-refractivity contribution in [3.05, 3.63) is 101 Å². The number of hydrogen-bond donors (Lipinski definition) is 1. The highest BCUT2D eigenvalue weighted by atomic mass is 32.2. The van der Waals surface area contributed by atoms with E-state index in [1.165, 1.54) is 22.6 Å². The Balaban J connectivity index is 1.32. The number of morpholine rings is 1. The van der Waals surface area contributed by atoms with Crippen LogP contribution in [0.3, 0.4) is 0 Å². The fourth-order valence-electron chi connectivity index (χ4n) is 6.27. The zero-order valence-electron chi connectivity index (χ0n) is 25.6. The second-order valence-electron chi connectivity index (χ2n) is 11.7. The number of nitrogens with zero attached hydrogens (tertiary/aromatic N) is 4. The summed E-state index contributed by atoms with van der Waals surface area (Å²) in [4.78, 5) is 18.1. The van der Waals surface area contributed by atoms with Gasteiger partial charge in [-0.2, -0.15) is 22.6 Å². The van der Waals surface area contributed by atoms with E-state index in [0.717, 1.165) is 22.9 Å². The fourth-order valence-corrected chi connectivity index (χ4v) is 7.68. The van der Waals surface area contributed by atoms with E-state index in [4.69, 9.17) is 4.74 Å². The molecule has 1 aliphatic heterocycles. The molecule has 1 fully saturated rings. The quantitative estimate of drug-likeness (QED) is 0.241. The molecule has 2 aromatic heterocycles. The van der Waals surface area contributed by atoms with Crippen molar-refractivity contribution >= 4 is 15.9 Å². The molecule has 0 radical (unpaired) electrons. The number of carbonyl (C=O) groups excluding carboxylic acids is 1. The Morgan fingerprint density at radius 3 is 2.35 bits per heavy atom. The standard InChI is InChI=1S/C33H32F5N5O4S/c34-23-16-21(17-24(35)19-23)18-28(40-30(44)20-43-29-6-2-1-4-27(29)32(41-43)33(36,37)38)31-26(5-3-11-39-31)22-7-9-25(10-8-22)48(45,46)42-12-14-47-15-13-42/h3,5,7-11,16-17,19,28H,1-2,4,6,12-15,18,20H2,(H,40,44)/t28-/m0/s1. The van der Waals surface area contributed by atoms with Crippen LogP contribution in [0, 0.1) is 11.6 Å². The molecule has 0 saturated carbocycles. The highest BCUT2D eigenvalue weighted by Gasteiger charge is 2.40. The molecule has 1 saturated heterocycles. The van der Waals surface area contributed by atoms with E-state index in [1.54, 1.807) is 24.3 Å². The van der Waals surface area contributed by atoms with Crippen LogP contribution in [0.2, 0.25) is 0 Å². The molecule has 0 unspecified atom stereocenters. The monoisotopic (exact) mass is 689 g/mol. The van der Waals surface area contributed by atoms with Gasteiger partial charge in [0.1, 0.15) is 18.2 Å². The Labute approximate surface area is 273 Å². The largest absolute Gasteiger partial charge is 0.435 e. The lowest BCUT2D eigenvalue weighted by Gasteiger charge is -2.26. The molecule has 1 atom stereocenters. The first-order chi connectivity index (χ1) is 22.9. The summed E-state index contributed by atoms with van der Waals surface area (Å²) in [5.41, 5.74) is 1.03. The van der Waals surface area contributed by atoms with E-state index >= 15 is 0 Å². The Morgan fingerprint density at radius 2 is 1.67 bits per heavy atom. The molecular formula is C33H32F5N5O4S. The van der Waals surface area contributed by atoms with Crippen molar-refractivity contribution in [1.29, 1.82) is 0 Å². The van der Waals surface area contributed by atoms with Crippen LogP contribution >= 0.6 is 0 Å². The van der Waals surface area contributed by atoms with Crippen LogP contribution in [0.5, 0.6) is 0 Å². The number of pyridine rings is 1. The third-order valence-corrected chi connectivity index (χ3v) is 10.4. The van der Waals surface area contributed by atoms with Gasteiger partial charge in [-0.3, -0.25) is 14.5 Å². The lowest BCUT2D eigenvalue weighted by Crippen LogP contribution is -2.40. The van der Waals surface area contributed by atoms with Gasteiger partial charge >= 0.3 is 6.18 Å². The number of hydrogen-bond acceptors (Lipinski definition) is 6. The second kappa shape index (κ2) is 13.7. The number of aromatic nitrogens is 3. The minimum Gasteiger partial charge on any atom is -0.379 e. The number of nitrogens with one attached hydrogen (secondary N) is 1. The topological polar surface area (TPSA) is 106 Å². The Bertz CT molecular complexity index is 1890. The molecule has 48 heavy (non-hydrogen) atoms. The van der Waals surface area contributed by atoms with Crippen molar-refractivity contribution in [2.24, 2.45) is 0 Å². The molecular weight excluding hydrogens is 657 g/mol. The Morgan fingerprint density at radius 1 is 0.979 bits per heavy atom. The van der Waals surface area contributed by atoms with E-state index in [-0.39, 0.29) is 42.0 Å². The number of amides is 1. The average molecular weight is 690 g/mol. The van der Waals surface area contributed by atoms with E-state index in [9.17, 15) is 35.2 Å². The molecule has 254 valence electrons. The predicted octanol–water partition coefficient (Wildman–Crippen LogP) is 5.24. The van der Waals surface area contributed by atoms with Gasteiger partial charge in [0.25, 0.3) is 0 Å². The fraction of sp³-hybridized carbons (Fsp3) is 0.364. The molecule has 1 amide bonds. The highest BCUT2D eigenvalue weighted by Crippen LogP contribution is 2.36. The summed E-state index contributed by atoms with van der Waals surface area (Å²) >= 11 is 0. The van der Waals surface area contributed by atoms with Gasteiger partial charge in [0.15, 0.2) is 5.69 Å². The summed E-state index contributed by atoms with van der Waals surface area (Å²) in [5, 5.41) is 6.58. The van der Waals surface area contributed by atoms with Crippen LogP contribution in [0.1, 0.15) is 47.1 Å². The van der Waals surface area contributed by atoms with Gasteiger partial charge in [0.2, 0.25) is 15.9 Å². The molecule has 1 N–H and O–H groups in total. The Hall–Kier alpha value is -4.21. The van der Waals surface area contributed by atoms with Gasteiger partial charge in [-0.05, 0) is 73.6 Å². The highest BCUT2D eigenvalue weighted by molar-refractivity contribution is 7.89. The van der Waals surface area contributed by atoms with Gasteiger partial charge in [-0.1, -0.05) is 18.2 Å². The lowest BCUT2D eigenvalue weighted by atomic mass is 9.95. The molecule has 3 heterocycles. The molecule has 1 aliphatic carbocycles. The van der Waals surface area contributed by atoms with Crippen molar-refractivity contribution in [3.63, 3.8) is 0 Å². The van der Waals surface area contributed by atoms with Crippen LogP contribution in [-0.2, 0) is 51.5 Å². The molecule has 2 aromatic carbocycles. The van der Waals surface area contributed by atoms with Crippen LogP contribution in [-0.4, -0.2) is 59.7 Å². The number of sulfonamides is 1. The summed E-state index contributed by atoms with van der Waals surface area (Å²) < 4.78 is 104. The van der Waals surface area contributed by atoms with Gasteiger partial charge in [0.05, 0.1) is 29.8 Å². The van der Waals surface area contributed by atoms with Crippen molar-refractivity contribution < 1.29 is 39.9 Å². The lowest BCUT2D eigenvalue weighted by molar-refractivity contribution is -0.142. The number of alkyl halides is 3. The number of halogens is 5. The molecule has 9 nitrogen and oxygen atoms in total. The minimum atomic E-state index is -4.67. The summed E-state index contributed by atoms with van der Waals surface area (Å²) in [5.74, 6) is -2.32. The molecule has 6 rings (SSSR count). The maximum absolute atomic E-state index is 14.2. The first kappa shape index (κ1) is 33.7. The van der Waals surface area contributed by atoms with E-state index in [2.05, 4.69) is 15.4 Å². The molecule has 0 bridgehead atoms. The SMILES string of the molecule is O=C(Cn1nc(C(F)(F)F)c2c1CCCC2)N[C@@H](Cc1cc(F)cc(F)c1)c1ncccc1-c1ccc(S(=O)(=O)N2CCOCC2)cc1. The summed E-state index contributed by atoms with van der Waals surface area (Å²) in [7, 11) is -3.77. The van der Waals surface area contributed by atoms with Gasteiger partial charge < -0.3 is 10.1 Å². The summed E-state index contributed by atoms with van der Waals surface area (Å²) in [6.45, 7) is 0.550. The summed E-state index contributed by atoms with van der Waals surface area (Å²) in [6.07, 6.45) is -1.51. The average Bonchev–Trinajstić information content (AvgIpc) is 3.43. The number of ether oxygens (including phenoxy) is 1. The minimum absolute atomic E-state index is 0.0828. The van der Waals surface area contributed by atoms with Crippen molar-refractivity contribution in [2.75, 3.05) is 26.3 Å². The maximum Gasteiger partial charge on any atom is 0.435 e. The van der Waals surface area contributed by atoms with E-state index in [1.807, 2.05) is 0 Å². The smallest absolute Gasteiger partial charge is 0.379 e. The molecule has 2 aliphatic rings. The normalized spacial score (nSPS) is 16.4. The number of benzene rings is 2. The van der Waals surface area contributed by atoms with Crippen molar-refractivity contribution in [2.45, 2.75) is 55.8 Å². The zero-order chi connectivity index (χ0) is 34.1. The van der Waals surface area contributed by atoms with Gasteiger partial charge in [0, 0.05) is 42.2 Å². The third-order valence-electron chi connectivity index (χ3n) is 8.46. The van der Waals surface area contributed by atoms with Crippen LogP contribution in [0.15, 0.2) is 65.7 Å². The number of fused-ring (bicyclic) bond motifs is 1. The zero-order valence-corrected chi connectivity index (χ0v) is 26.5. The van der Waals surface area contributed by atoms with Crippen molar-refractivity contribution in [3.8, 4) is 11.1 Å². The summed E-state index contributed by atoms with van der Waals surface area (Å²) in [6, 6.07) is 11.5. The van der Waals surface area contributed by atoms with Gasteiger partial charge in [-0.15, -0.1) is 0 Å². The first-order valence-corrected chi connectivity index (χ1v) is 16.9. The number of carbonyl (C=O) groups is 1. The van der Waals surface area contributed by atoms with E-state index in [0.29, 0.717) is 55.0 Å². The van der Waals surface area contributed by atoms with E-state index < -0.39 is 52.0 Å². The molecule has 15 heteroatoms. The van der Waals surface area contributed by atoms with Crippen LogP contribution < -0.4 is 5.32 Å². The third kappa shape index (κ3) is 7.27.